The number of nitrogen functional groups attached to an aromatic ring is 1. The largest absolute Gasteiger partial charge is 0.384 e. The molecule has 1 aliphatic heterocycles. The maximum atomic E-state index is 6.03. The van der Waals surface area contributed by atoms with E-state index < -0.39 is 0 Å². The van der Waals surface area contributed by atoms with E-state index in [4.69, 9.17) is 5.73 Å². The van der Waals surface area contributed by atoms with Crippen molar-refractivity contribution in [1.29, 1.82) is 0 Å². The van der Waals surface area contributed by atoms with Crippen LogP contribution in [0.25, 0.3) is 0 Å². The minimum absolute atomic E-state index is 0.812. The van der Waals surface area contributed by atoms with Crippen LogP contribution in [0.5, 0.6) is 0 Å². The predicted molar refractivity (Wildman–Crippen MR) is 66.0 cm³/mol. The lowest BCUT2D eigenvalue weighted by atomic mass is 10.00. The van der Waals surface area contributed by atoms with Gasteiger partial charge in [0.1, 0.15) is 5.82 Å². The van der Waals surface area contributed by atoms with Crippen molar-refractivity contribution in [1.82, 2.24) is 14.7 Å². The number of rotatable bonds is 2. The van der Waals surface area contributed by atoms with Crippen molar-refractivity contribution in [2.75, 3.05) is 18.8 Å². The molecule has 0 aromatic carbocycles. The van der Waals surface area contributed by atoms with Crippen molar-refractivity contribution >= 4 is 5.82 Å². The summed E-state index contributed by atoms with van der Waals surface area (Å²) in [6, 6.07) is 0. The molecule has 1 saturated heterocycles. The summed E-state index contributed by atoms with van der Waals surface area (Å²) < 4.78 is 1.78. The van der Waals surface area contributed by atoms with E-state index in [9.17, 15) is 0 Å². The molecule has 1 aromatic rings. The van der Waals surface area contributed by atoms with Crippen LogP contribution in [0.3, 0.4) is 0 Å². The molecule has 1 aliphatic rings. The topological polar surface area (TPSA) is 47.1 Å². The van der Waals surface area contributed by atoms with Gasteiger partial charge in [-0.2, -0.15) is 5.10 Å². The van der Waals surface area contributed by atoms with Gasteiger partial charge in [0.25, 0.3) is 0 Å². The number of hydrogen-bond donors (Lipinski definition) is 1. The van der Waals surface area contributed by atoms with Gasteiger partial charge in [0, 0.05) is 25.7 Å². The first-order valence-electron chi connectivity index (χ1n) is 6.08. The van der Waals surface area contributed by atoms with Gasteiger partial charge in [-0.1, -0.05) is 6.92 Å². The lowest BCUT2D eigenvalue weighted by Gasteiger charge is -2.30. The Bertz CT molecular complexity index is 369. The van der Waals surface area contributed by atoms with E-state index in [1.165, 1.54) is 31.5 Å². The normalized spacial score (nSPS) is 22.6. The molecule has 2 N–H and O–H groups in total. The molecule has 1 atom stereocenters. The molecule has 1 aromatic heterocycles. The van der Waals surface area contributed by atoms with Gasteiger partial charge in [0.05, 0.1) is 5.69 Å². The smallest absolute Gasteiger partial charge is 0.126 e. The number of hydrogen-bond acceptors (Lipinski definition) is 3. The maximum absolute atomic E-state index is 6.03. The van der Waals surface area contributed by atoms with Gasteiger partial charge in [-0.05, 0) is 32.2 Å². The van der Waals surface area contributed by atoms with Crippen molar-refractivity contribution in [3.8, 4) is 0 Å². The molecule has 0 saturated carbocycles. The van der Waals surface area contributed by atoms with Crippen LogP contribution >= 0.6 is 0 Å². The monoisotopic (exact) mass is 222 g/mol. The third-order valence-corrected chi connectivity index (χ3v) is 3.52. The Morgan fingerprint density at radius 2 is 2.25 bits per heavy atom. The summed E-state index contributed by atoms with van der Waals surface area (Å²) >= 11 is 0. The molecule has 1 fully saturated rings. The Kier molecular flexibility index (Phi) is 3.19. The molecule has 90 valence electrons. The summed E-state index contributed by atoms with van der Waals surface area (Å²) in [5.74, 6) is 1.63. The first-order chi connectivity index (χ1) is 7.58. The van der Waals surface area contributed by atoms with Crippen molar-refractivity contribution in [3.63, 3.8) is 0 Å². The molecule has 2 heterocycles. The second-order valence-electron chi connectivity index (χ2n) is 5.06. The van der Waals surface area contributed by atoms with Gasteiger partial charge in [0.2, 0.25) is 0 Å². The fourth-order valence-electron chi connectivity index (χ4n) is 2.57. The van der Waals surface area contributed by atoms with E-state index in [1.54, 1.807) is 4.68 Å². The SMILES string of the molecule is Cc1nn(C)c(N)c1CN1CCCC(C)C1. The highest BCUT2D eigenvalue weighted by Gasteiger charge is 2.19. The van der Waals surface area contributed by atoms with E-state index >= 15 is 0 Å². The van der Waals surface area contributed by atoms with Crippen molar-refractivity contribution in [3.05, 3.63) is 11.3 Å². The number of nitrogens with two attached hydrogens (primary N) is 1. The lowest BCUT2D eigenvalue weighted by molar-refractivity contribution is 0.176. The fraction of sp³-hybridized carbons (Fsp3) is 0.750. The first-order valence-corrected chi connectivity index (χ1v) is 6.08. The Balaban J connectivity index is 2.08. The third kappa shape index (κ3) is 2.21. The van der Waals surface area contributed by atoms with Crippen LogP contribution in [0.4, 0.5) is 5.82 Å². The Labute approximate surface area is 97.4 Å². The lowest BCUT2D eigenvalue weighted by Crippen LogP contribution is -2.34. The first kappa shape index (κ1) is 11.5. The zero-order valence-electron chi connectivity index (χ0n) is 10.5. The number of likely N-dealkylation sites (tertiary alicyclic amines) is 1. The highest BCUT2D eigenvalue weighted by molar-refractivity contribution is 5.42. The molecular formula is C12H22N4. The number of nitrogens with zero attached hydrogens (tertiary/aromatic N) is 3. The summed E-state index contributed by atoms with van der Waals surface area (Å²) in [4.78, 5) is 2.49. The summed E-state index contributed by atoms with van der Waals surface area (Å²) in [6.45, 7) is 7.70. The van der Waals surface area contributed by atoms with Gasteiger partial charge >= 0.3 is 0 Å². The molecule has 0 aliphatic carbocycles. The van der Waals surface area contributed by atoms with Crippen LogP contribution in [0.1, 0.15) is 31.0 Å². The summed E-state index contributed by atoms with van der Waals surface area (Å²) in [5, 5.41) is 4.36. The van der Waals surface area contributed by atoms with E-state index in [0.29, 0.717) is 0 Å². The summed E-state index contributed by atoms with van der Waals surface area (Å²) in [6.07, 6.45) is 2.67. The minimum Gasteiger partial charge on any atom is -0.384 e. The van der Waals surface area contributed by atoms with Crippen LogP contribution in [0, 0.1) is 12.8 Å². The zero-order chi connectivity index (χ0) is 11.7. The second kappa shape index (κ2) is 4.45. The van der Waals surface area contributed by atoms with Gasteiger partial charge in [-0.3, -0.25) is 9.58 Å². The molecule has 2 rings (SSSR count). The van der Waals surface area contributed by atoms with Gasteiger partial charge in [0.15, 0.2) is 0 Å². The van der Waals surface area contributed by atoms with Crippen molar-refractivity contribution < 1.29 is 0 Å². The highest BCUT2D eigenvalue weighted by atomic mass is 15.3. The molecule has 0 spiro atoms. The molecule has 0 radical (unpaired) electrons. The number of piperidine rings is 1. The fourth-order valence-corrected chi connectivity index (χ4v) is 2.57. The van der Waals surface area contributed by atoms with Crippen LogP contribution in [0.15, 0.2) is 0 Å². The van der Waals surface area contributed by atoms with Gasteiger partial charge < -0.3 is 5.73 Å². The molecule has 1 unspecified atom stereocenters. The van der Waals surface area contributed by atoms with E-state index in [0.717, 1.165) is 24.0 Å². The third-order valence-electron chi connectivity index (χ3n) is 3.52. The number of aryl methyl sites for hydroxylation is 2. The predicted octanol–water partition coefficient (Wildman–Crippen LogP) is 1.54. The number of aromatic nitrogens is 2. The second-order valence-corrected chi connectivity index (χ2v) is 5.06. The Morgan fingerprint density at radius 3 is 2.81 bits per heavy atom. The van der Waals surface area contributed by atoms with E-state index in [2.05, 4.69) is 16.9 Å². The molecule has 0 bridgehead atoms. The average Bonchev–Trinajstić information content (AvgIpc) is 2.45. The molecule has 0 amide bonds. The van der Waals surface area contributed by atoms with Crippen LogP contribution in [-0.2, 0) is 13.6 Å². The average molecular weight is 222 g/mol. The zero-order valence-corrected chi connectivity index (χ0v) is 10.5. The van der Waals surface area contributed by atoms with Crippen LogP contribution < -0.4 is 5.73 Å². The van der Waals surface area contributed by atoms with Gasteiger partial charge in [-0.15, -0.1) is 0 Å². The highest BCUT2D eigenvalue weighted by Crippen LogP contribution is 2.22. The van der Waals surface area contributed by atoms with E-state index in [1.807, 2.05) is 14.0 Å². The molecule has 16 heavy (non-hydrogen) atoms. The van der Waals surface area contributed by atoms with Crippen molar-refractivity contribution in [2.24, 2.45) is 13.0 Å². The standard InChI is InChI=1S/C12H22N4/c1-9-5-4-6-16(7-9)8-11-10(2)14-15(3)12(11)13/h9H,4-8,13H2,1-3H3. The molecular weight excluding hydrogens is 200 g/mol. The van der Waals surface area contributed by atoms with Crippen LogP contribution in [-0.4, -0.2) is 27.8 Å². The summed E-state index contributed by atoms with van der Waals surface area (Å²) in [7, 11) is 1.91. The van der Waals surface area contributed by atoms with E-state index in [-0.39, 0.29) is 0 Å². The van der Waals surface area contributed by atoms with Crippen molar-refractivity contribution in [2.45, 2.75) is 33.2 Å². The quantitative estimate of drug-likeness (QED) is 0.825. The van der Waals surface area contributed by atoms with Gasteiger partial charge in [-0.25, -0.2) is 0 Å². The Morgan fingerprint density at radius 1 is 1.50 bits per heavy atom. The summed E-state index contributed by atoms with van der Waals surface area (Å²) in [5.41, 5.74) is 8.30. The minimum atomic E-state index is 0.812. The van der Waals surface area contributed by atoms with Crippen LogP contribution in [0.2, 0.25) is 0 Å². The molecule has 4 heteroatoms. The Hall–Kier alpha value is -1.03. The molecule has 4 nitrogen and oxygen atoms in total. The maximum Gasteiger partial charge on any atom is 0.126 e. The number of anilines is 1.